The molecule has 0 N–H and O–H groups in total. The quantitative estimate of drug-likeness (QED) is 0.211. The summed E-state index contributed by atoms with van der Waals surface area (Å²) in [5.74, 6) is 0. The zero-order valence-electron chi connectivity index (χ0n) is 23.0. The minimum Gasteiger partial charge on any atom is -0.256 e. The fourth-order valence-corrected chi connectivity index (χ4v) is 7.36. The first-order chi connectivity index (χ1) is 18.0. The molecule has 0 spiro atoms. The first kappa shape index (κ1) is 33.0. The minimum absolute atomic E-state index is 0.0786. The van der Waals surface area contributed by atoms with Gasteiger partial charge in [-0.25, -0.2) is 18.4 Å². The van der Waals surface area contributed by atoms with Gasteiger partial charge >= 0.3 is 89.6 Å². The molecule has 4 aromatic heterocycles. The predicted molar refractivity (Wildman–Crippen MR) is 162 cm³/mol. The van der Waals surface area contributed by atoms with Crippen molar-refractivity contribution in [3.63, 3.8) is 0 Å². The summed E-state index contributed by atoms with van der Waals surface area (Å²) in [6, 6.07) is 14.5. The number of halogens is 1. The topological polar surface area (TPSA) is 120 Å². The van der Waals surface area contributed by atoms with Crippen LogP contribution in [0.15, 0.2) is 88.0 Å². The molecular weight excluding hydrogens is 707 g/mol. The molecule has 208 valence electrons. The number of aryl methyl sites for hydroxylation is 2. The molecule has 39 heavy (non-hydrogen) atoms. The summed E-state index contributed by atoms with van der Waals surface area (Å²) in [5, 5.41) is 0.242. The molecule has 0 unspecified atom stereocenters. The van der Waals surface area contributed by atoms with Crippen LogP contribution in [-0.4, -0.2) is 67.7 Å². The molecule has 0 saturated carbocycles. The van der Waals surface area contributed by atoms with Crippen molar-refractivity contribution in [3.05, 3.63) is 89.0 Å². The second-order valence-corrected chi connectivity index (χ2v) is 29.0. The first-order valence-corrected chi connectivity index (χ1v) is 26.4. The van der Waals surface area contributed by atoms with Crippen molar-refractivity contribution in [1.82, 2.24) is 19.9 Å². The van der Waals surface area contributed by atoms with Crippen LogP contribution in [0.4, 0.5) is 0 Å². The van der Waals surface area contributed by atoms with E-state index in [1.807, 2.05) is 44.2 Å². The molecule has 4 aromatic rings. The zero-order chi connectivity index (χ0) is 29.4. The third-order valence-electron chi connectivity index (χ3n) is 5.33. The van der Waals surface area contributed by atoms with Gasteiger partial charge in [-0.1, -0.05) is 12.1 Å². The van der Waals surface area contributed by atoms with Crippen molar-refractivity contribution in [1.29, 1.82) is 0 Å². The van der Waals surface area contributed by atoms with E-state index in [2.05, 4.69) is 50.7 Å². The summed E-state index contributed by atoms with van der Waals surface area (Å²) in [5.41, 5.74) is 3.84. The number of aromatic nitrogens is 4. The Bertz CT molecular complexity index is 1590. The van der Waals surface area contributed by atoms with E-state index in [0.29, 0.717) is 0 Å². The summed E-state index contributed by atoms with van der Waals surface area (Å²) < 4.78 is 47.0. The maximum atomic E-state index is 11.3. The van der Waals surface area contributed by atoms with Crippen LogP contribution >= 0.6 is 15.9 Å². The van der Waals surface area contributed by atoms with Gasteiger partial charge in [-0.05, 0) is 65.2 Å². The molecule has 0 aromatic carbocycles. The van der Waals surface area contributed by atoms with Crippen LogP contribution in [-0.2, 0) is 19.7 Å². The van der Waals surface area contributed by atoms with Gasteiger partial charge in [0, 0.05) is 30.4 Å². The maximum Gasteiger partial charge on any atom is 0.192 e. The second-order valence-electron chi connectivity index (χ2n) is 9.84. The Morgan fingerprint density at radius 1 is 0.667 bits per heavy atom. The molecule has 0 radical (unpaired) electrons. The van der Waals surface area contributed by atoms with Gasteiger partial charge in [-0.15, -0.1) is 0 Å². The van der Waals surface area contributed by atoms with Crippen LogP contribution in [0.3, 0.4) is 0 Å². The smallest absolute Gasteiger partial charge is 0.192 e. The van der Waals surface area contributed by atoms with Gasteiger partial charge in [-0.3, -0.25) is 4.98 Å². The Morgan fingerprint density at radius 2 is 1.18 bits per heavy atom. The molecular formula is C27H33BrN4O4S2Sn. The van der Waals surface area contributed by atoms with Crippen molar-refractivity contribution in [2.24, 2.45) is 0 Å². The van der Waals surface area contributed by atoms with E-state index in [-0.39, 0.29) is 10.1 Å². The number of hydrogen-bond acceptors (Lipinski definition) is 8. The van der Waals surface area contributed by atoms with E-state index in [1.165, 1.54) is 27.7 Å². The fourth-order valence-electron chi connectivity index (χ4n) is 3.04. The third-order valence-corrected chi connectivity index (χ3v) is 13.9. The van der Waals surface area contributed by atoms with Crippen LogP contribution in [0.2, 0.25) is 14.8 Å². The fraction of sp³-hybridized carbons (Fsp3) is 0.259. The number of sulfone groups is 2. The zero-order valence-corrected chi connectivity index (χ0v) is 29.1. The molecule has 0 bridgehead atoms. The molecule has 4 heterocycles. The number of pyridine rings is 4. The number of rotatable bonds is 4. The monoisotopic (exact) mass is 740 g/mol. The molecule has 0 saturated heterocycles. The van der Waals surface area contributed by atoms with Crippen molar-refractivity contribution in [3.8, 4) is 11.3 Å². The van der Waals surface area contributed by atoms with Crippen molar-refractivity contribution < 1.29 is 16.8 Å². The standard InChI is InChI=1S/C12H12N2O2S.C6H6BrN.C6H6NO2S.3CH3.Sn/c1-9-4-3-7-13-12(9)10-5-6-11(14-8-10)17(2,15)16;1-5-3-2-4-8-6(5)7;1-10(8,9)6-4-2-3-5-7-6;;;;/h3-8H,1-2H3;2-4H,1H3;2,4-5H,1H3;3*1H3;. The summed E-state index contributed by atoms with van der Waals surface area (Å²) >= 11 is 1.21. The maximum absolute atomic E-state index is 11.3. The van der Waals surface area contributed by atoms with E-state index < -0.39 is 38.1 Å². The molecule has 0 atom stereocenters. The van der Waals surface area contributed by atoms with Crippen LogP contribution in [0.1, 0.15) is 11.1 Å². The molecule has 8 nitrogen and oxygen atoms in total. The molecule has 0 aliphatic carbocycles. The van der Waals surface area contributed by atoms with E-state index in [9.17, 15) is 16.8 Å². The van der Waals surface area contributed by atoms with Crippen LogP contribution in [0.25, 0.3) is 11.3 Å². The van der Waals surface area contributed by atoms with Crippen molar-refractivity contribution >= 4 is 57.6 Å². The Labute approximate surface area is 244 Å². The first-order valence-electron chi connectivity index (χ1n) is 11.8. The second kappa shape index (κ2) is 13.9. The Kier molecular flexibility index (Phi) is 11.8. The van der Waals surface area contributed by atoms with Crippen LogP contribution < -0.4 is 3.58 Å². The van der Waals surface area contributed by atoms with E-state index >= 15 is 0 Å². The van der Waals surface area contributed by atoms with E-state index in [0.717, 1.165) is 27.7 Å². The molecule has 0 aliphatic heterocycles. The Hall–Kier alpha value is -2.22. The summed E-state index contributed by atoms with van der Waals surface area (Å²) in [6.07, 6.45) is 9.03. The Morgan fingerprint density at radius 3 is 1.54 bits per heavy atom. The van der Waals surface area contributed by atoms with Gasteiger partial charge in [0.2, 0.25) is 0 Å². The predicted octanol–water partition coefficient (Wildman–Crippen LogP) is 5.04. The summed E-state index contributed by atoms with van der Waals surface area (Å²) in [4.78, 5) is 23.0. The van der Waals surface area contributed by atoms with Gasteiger partial charge in [0.25, 0.3) is 0 Å². The van der Waals surface area contributed by atoms with Gasteiger partial charge in [0.15, 0.2) is 14.9 Å². The summed E-state index contributed by atoms with van der Waals surface area (Å²) in [7, 11) is -6.40. The SMILES string of the molecule is CS(=O)(=O)c1cc[c]([Sn]([CH3])([CH3])[CH3])cn1.Cc1cccnc1-c1ccc(S(C)(=O)=O)nc1.Cc1cccnc1Br. The van der Waals surface area contributed by atoms with Crippen LogP contribution in [0, 0.1) is 13.8 Å². The third kappa shape index (κ3) is 10.7. The Balaban J connectivity index is 0.000000218. The molecule has 0 aliphatic rings. The average Bonchev–Trinajstić information content (AvgIpc) is 2.86. The molecule has 0 amide bonds. The molecule has 12 heteroatoms. The number of nitrogens with zero attached hydrogens (tertiary/aromatic N) is 4. The average molecular weight is 740 g/mol. The normalized spacial score (nSPS) is 11.5. The van der Waals surface area contributed by atoms with Gasteiger partial charge in [0.05, 0.1) is 5.69 Å². The van der Waals surface area contributed by atoms with E-state index in [4.69, 9.17) is 0 Å². The van der Waals surface area contributed by atoms with Gasteiger partial charge in [0.1, 0.15) is 4.60 Å². The van der Waals surface area contributed by atoms with E-state index in [1.54, 1.807) is 30.7 Å². The van der Waals surface area contributed by atoms with Crippen LogP contribution in [0.5, 0.6) is 0 Å². The van der Waals surface area contributed by atoms with Gasteiger partial charge < -0.3 is 0 Å². The minimum atomic E-state index is -3.24. The molecule has 0 fully saturated rings. The van der Waals surface area contributed by atoms with Gasteiger partial charge in [-0.2, -0.15) is 0 Å². The summed E-state index contributed by atoms with van der Waals surface area (Å²) in [6.45, 7) is 3.96. The molecule has 4 rings (SSSR count). The number of hydrogen-bond donors (Lipinski definition) is 0. The van der Waals surface area contributed by atoms with Crippen molar-refractivity contribution in [2.75, 3.05) is 12.5 Å². The van der Waals surface area contributed by atoms with Crippen molar-refractivity contribution in [2.45, 2.75) is 38.7 Å². The largest absolute Gasteiger partial charge is 0.256 e.